The van der Waals surface area contributed by atoms with E-state index in [2.05, 4.69) is 22.2 Å². The van der Waals surface area contributed by atoms with Crippen LogP contribution in [0.15, 0.2) is 47.6 Å². The van der Waals surface area contributed by atoms with Gasteiger partial charge in [-0.2, -0.15) is 0 Å². The van der Waals surface area contributed by atoms with Crippen LogP contribution in [-0.2, 0) is 16.9 Å². The Balaban J connectivity index is 1.76. The second-order valence-corrected chi connectivity index (χ2v) is 7.46. The van der Waals surface area contributed by atoms with Gasteiger partial charge < -0.3 is 15.8 Å². The lowest BCUT2D eigenvalue weighted by Gasteiger charge is -2.30. The number of amides is 1. The van der Waals surface area contributed by atoms with Gasteiger partial charge >= 0.3 is 0 Å². The number of amidine groups is 1. The van der Waals surface area contributed by atoms with Crippen molar-refractivity contribution in [1.29, 1.82) is 0 Å². The predicted molar refractivity (Wildman–Crippen MR) is 105 cm³/mol. The van der Waals surface area contributed by atoms with Gasteiger partial charge in [0.2, 0.25) is 0 Å². The minimum absolute atomic E-state index is 0.251. The molecule has 1 amide bonds. The molecule has 26 heavy (non-hydrogen) atoms. The molecule has 3 N–H and O–H groups in total. The van der Waals surface area contributed by atoms with E-state index < -0.39 is 0 Å². The topological polar surface area (TPSA) is 89.6 Å². The molecule has 0 saturated heterocycles. The number of rotatable bonds is 5. The Bertz CT molecular complexity index is 823. The lowest BCUT2D eigenvalue weighted by Crippen LogP contribution is -2.28. The minimum Gasteiger partial charge on any atom is -0.380 e. The number of aromatic nitrogens is 1. The van der Waals surface area contributed by atoms with E-state index in [1.54, 1.807) is 31.1 Å². The number of nitrogens with one attached hydrogen (secondary N) is 1. The maximum Gasteiger partial charge on any atom is 0.274 e. The Labute approximate surface area is 157 Å². The maximum absolute atomic E-state index is 12.4. The third kappa shape index (κ3) is 4.23. The summed E-state index contributed by atoms with van der Waals surface area (Å²) in [6.07, 6.45) is 2.55. The van der Waals surface area contributed by atoms with Crippen LogP contribution in [0.4, 0.5) is 5.69 Å². The van der Waals surface area contributed by atoms with Gasteiger partial charge in [-0.05, 0) is 42.7 Å². The van der Waals surface area contributed by atoms with E-state index in [0.29, 0.717) is 23.2 Å². The van der Waals surface area contributed by atoms with Gasteiger partial charge in [0.1, 0.15) is 5.69 Å². The number of carbonyl (C=O) groups is 1. The van der Waals surface area contributed by atoms with E-state index in [1.165, 1.54) is 0 Å². The molecule has 3 rings (SSSR count). The summed E-state index contributed by atoms with van der Waals surface area (Å²) in [4.78, 5) is 21.3. The molecule has 0 spiro atoms. The molecule has 2 aromatic rings. The summed E-state index contributed by atoms with van der Waals surface area (Å²) in [6.45, 7) is 2.54. The fraction of sp³-hybridized carbons (Fsp3) is 0.316. The molecule has 0 saturated carbocycles. The zero-order valence-corrected chi connectivity index (χ0v) is 15.7. The Morgan fingerprint density at radius 1 is 1.38 bits per heavy atom. The number of pyridine rings is 1. The van der Waals surface area contributed by atoms with Crippen molar-refractivity contribution < 1.29 is 9.53 Å². The van der Waals surface area contributed by atoms with Crippen LogP contribution in [0.1, 0.15) is 35.0 Å². The molecular formula is C19H22N4O2S. The molecule has 1 atom stereocenters. The van der Waals surface area contributed by atoms with Gasteiger partial charge in [-0.25, -0.2) is 0 Å². The molecule has 1 unspecified atom stereocenters. The minimum atomic E-state index is -0.365. The number of thioether (sulfide) groups is 1. The van der Waals surface area contributed by atoms with Crippen LogP contribution < -0.4 is 11.1 Å². The highest BCUT2D eigenvalue weighted by molar-refractivity contribution is 8.13. The van der Waals surface area contributed by atoms with Gasteiger partial charge in [0.05, 0.1) is 12.1 Å². The number of hydrogen-bond donors (Lipinski definition) is 2. The number of ether oxygens (including phenoxy) is 1. The van der Waals surface area contributed by atoms with Gasteiger partial charge in [-0.15, -0.1) is 0 Å². The fourth-order valence-electron chi connectivity index (χ4n) is 2.83. The molecule has 7 heteroatoms. The number of nitrogens with zero attached hydrogens (tertiary/aromatic N) is 2. The van der Waals surface area contributed by atoms with E-state index in [9.17, 15) is 4.79 Å². The largest absolute Gasteiger partial charge is 0.380 e. The van der Waals surface area contributed by atoms with E-state index in [-0.39, 0.29) is 11.4 Å². The number of benzene rings is 1. The first-order valence-electron chi connectivity index (χ1n) is 8.34. The van der Waals surface area contributed by atoms with Gasteiger partial charge in [0.15, 0.2) is 5.17 Å². The first-order valence-corrected chi connectivity index (χ1v) is 9.32. The highest BCUT2D eigenvalue weighted by atomic mass is 32.2. The Hall–Kier alpha value is -2.38. The van der Waals surface area contributed by atoms with Crippen molar-refractivity contribution in [3.8, 4) is 0 Å². The number of nitrogens with two attached hydrogens (primary N) is 1. The van der Waals surface area contributed by atoms with E-state index >= 15 is 0 Å². The SMILES string of the molecule is COCc1ccc(C(=O)Nc2cccc(C3(C)CCSC(N)=N3)c2)nc1. The van der Waals surface area contributed by atoms with Gasteiger partial charge in [-0.3, -0.25) is 14.8 Å². The monoisotopic (exact) mass is 370 g/mol. The smallest absolute Gasteiger partial charge is 0.274 e. The molecule has 1 aromatic carbocycles. The van der Waals surface area contributed by atoms with Gasteiger partial charge in [0, 0.05) is 24.7 Å². The molecule has 1 aromatic heterocycles. The zero-order chi connectivity index (χ0) is 18.6. The van der Waals surface area contributed by atoms with Crippen molar-refractivity contribution in [3.05, 3.63) is 59.4 Å². The summed E-state index contributed by atoms with van der Waals surface area (Å²) < 4.78 is 5.05. The van der Waals surface area contributed by atoms with E-state index in [0.717, 1.165) is 23.3 Å². The first kappa shape index (κ1) is 18.4. The molecule has 1 aliphatic heterocycles. The van der Waals surface area contributed by atoms with Crippen molar-refractivity contribution in [3.63, 3.8) is 0 Å². The quantitative estimate of drug-likeness (QED) is 0.844. The summed E-state index contributed by atoms with van der Waals surface area (Å²) in [7, 11) is 1.62. The molecule has 0 aliphatic carbocycles. The standard InChI is InChI=1S/C19H22N4O2S/c1-19(8-9-26-18(20)23-19)14-4-3-5-15(10-14)22-17(24)16-7-6-13(11-21-16)12-25-2/h3-7,10-11H,8-9,12H2,1-2H3,(H2,20,23)(H,22,24). The second-order valence-electron chi connectivity index (χ2n) is 6.34. The normalized spacial score (nSPS) is 19.7. The molecule has 1 aliphatic rings. The van der Waals surface area contributed by atoms with Crippen LogP contribution in [0.2, 0.25) is 0 Å². The summed E-state index contributed by atoms with van der Waals surface area (Å²) >= 11 is 1.57. The number of hydrogen-bond acceptors (Lipinski definition) is 6. The number of aliphatic imine (C=N–C) groups is 1. The number of methoxy groups -OCH3 is 1. The third-order valence-electron chi connectivity index (χ3n) is 4.31. The van der Waals surface area contributed by atoms with Crippen molar-refractivity contribution in [2.45, 2.75) is 25.5 Å². The lowest BCUT2D eigenvalue weighted by molar-refractivity contribution is 0.102. The molecular weight excluding hydrogens is 348 g/mol. The highest BCUT2D eigenvalue weighted by Gasteiger charge is 2.29. The molecule has 0 bridgehead atoms. The molecule has 2 heterocycles. The summed E-state index contributed by atoms with van der Waals surface area (Å²) in [6, 6.07) is 11.3. The van der Waals surface area contributed by atoms with Crippen LogP contribution in [0.3, 0.4) is 0 Å². The van der Waals surface area contributed by atoms with Crippen molar-refractivity contribution in [1.82, 2.24) is 4.98 Å². The summed E-state index contributed by atoms with van der Waals surface area (Å²) in [5.74, 6) is 0.679. The summed E-state index contributed by atoms with van der Waals surface area (Å²) in [5, 5.41) is 3.51. The van der Waals surface area contributed by atoms with Crippen LogP contribution >= 0.6 is 11.8 Å². The number of carbonyl (C=O) groups excluding carboxylic acids is 1. The van der Waals surface area contributed by atoms with Crippen LogP contribution in [-0.4, -0.2) is 28.9 Å². The van der Waals surface area contributed by atoms with Crippen LogP contribution in [0.5, 0.6) is 0 Å². The molecule has 6 nitrogen and oxygen atoms in total. The lowest BCUT2D eigenvalue weighted by atomic mass is 9.89. The van der Waals surface area contributed by atoms with Crippen molar-refractivity contribution >= 4 is 28.5 Å². The van der Waals surface area contributed by atoms with Crippen LogP contribution in [0, 0.1) is 0 Å². The molecule has 0 fully saturated rings. The molecule has 136 valence electrons. The maximum atomic E-state index is 12.4. The van der Waals surface area contributed by atoms with E-state index in [1.807, 2.05) is 30.3 Å². The zero-order valence-electron chi connectivity index (χ0n) is 14.9. The number of anilines is 1. The Morgan fingerprint density at radius 2 is 2.23 bits per heavy atom. The average molecular weight is 370 g/mol. The second kappa shape index (κ2) is 7.88. The van der Waals surface area contributed by atoms with Crippen molar-refractivity contribution in [2.24, 2.45) is 10.7 Å². The molecule has 0 radical (unpaired) electrons. The van der Waals surface area contributed by atoms with Crippen molar-refractivity contribution in [2.75, 3.05) is 18.2 Å². The highest BCUT2D eigenvalue weighted by Crippen LogP contribution is 2.35. The van der Waals surface area contributed by atoms with Crippen LogP contribution in [0.25, 0.3) is 0 Å². The average Bonchev–Trinajstić information content (AvgIpc) is 2.63. The van der Waals surface area contributed by atoms with E-state index in [4.69, 9.17) is 10.5 Å². The van der Waals surface area contributed by atoms with Gasteiger partial charge in [-0.1, -0.05) is 30.0 Å². The van der Waals surface area contributed by atoms with Gasteiger partial charge in [0.25, 0.3) is 5.91 Å². The predicted octanol–water partition coefficient (Wildman–Crippen LogP) is 3.15. The third-order valence-corrected chi connectivity index (χ3v) is 5.10. The fourth-order valence-corrected chi connectivity index (χ4v) is 3.81. The Morgan fingerprint density at radius 3 is 2.92 bits per heavy atom. The summed E-state index contributed by atoms with van der Waals surface area (Å²) in [5.41, 5.74) is 8.56. The first-order chi connectivity index (χ1) is 12.5. The Kier molecular flexibility index (Phi) is 5.58.